The number of amides is 1. The number of fused-ring (bicyclic) bond motifs is 2. The number of hydrogen-bond acceptors (Lipinski definition) is 4. The van der Waals surface area contributed by atoms with Crippen LogP contribution in [0.3, 0.4) is 0 Å². The fourth-order valence-corrected chi connectivity index (χ4v) is 5.15. The molecule has 0 spiro atoms. The number of aryl methyl sites for hydroxylation is 1. The van der Waals surface area contributed by atoms with E-state index in [9.17, 15) is 4.79 Å². The highest BCUT2D eigenvalue weighted by Crippen LogP contribution is 2.32. The molecule has 5 rings (SSSR count). The molecule has 0 N–H and O–H groups in total. The summed E-state index contributed by atoms with van der Waals surface area (Å²) >= 11 is 0. The van der Waals surface area contributed by atoms with Crippen LogP contribution in [-0.2, 0) is 11.2 Å². The molecule has 0 fully saturated rings. The van der Waals surface area contributed by atoms with Gasteiger partial charge in [-0.1, -0.05) is 48.1 Å². The van der Waals surface area contributed by atoms with Crippen molar-refractivity contribution in [2.75, 3.05) is 32.7 Å². The molecular weight excluding hydrogens is 396 g/mol. The Morgan fingerprint density at radius 3 is 2.75 bits per heavy atom. The molecule has 0 saturated heterocycles. The van der Waals surface area contributed by atoms with Gasteiger partial charge in [-0.3, -0.25) is 14.6 Å². The van der Waals surface area contributed by atoms with E-state index in [0.29, 0.717) is 6.54 Å². The number of carbonyl (C=O) groups excluding carboxylic acids is 1. The van der Waals surface area contributed by atoms with Crippen molar-refractivity contribution in [1.82, 2.24) is 14.7 Å². The molecule has 3 heterocycles. The van der Waals surface area contributed by atoms with Crippen LogP contribution >= 0.6 is 0 Å². The first-order chi connectivity index (χ1) is 15.6. The maximum Gasteiger partial charge on any atom is 0.259 e. The van der Waals surface area contributed by atoms with Gasteiger partial charge in [0.25, 0.3) is 5.91 Å². The predicted molar refractivity (Wildman–Crippen MR) is 129 cm³/mol. The third-order valence-electron chi connectivity index (χ3n) is 7.04. The standard InChI is InChI=1S/C27H34N4O/c1-20-8-10-22(11-9-20)13-17-31-26(32)24-19-29(18-23-6-4-3-5-7-23)15-14-25(24)30-16-12-21(2)28-27(30)31/h4,6-11,21H,3,5,12-19H2,1-2H3. The lowest BCUT2D eigenvalue weighted by Crippen LogP contribution is -2.58. The van der Waals surface area contributed by atoms with Crippen LogP contribution in [0.2, 0.25) is 0 Å². The smallest absolute Gasteiger partial charge is 0.259 e. The Labute approximate surface area is 191 Å². The summed E-state index contributed by atoms with van der Waals surface area (Å²) in [6.07, 6.45) is 11.9. The zero-order valence-electron chi connectivity index (χ0n) is 19.4. The zero-order valence-corrected chi connectivity index (χ0v) is 19.4. The second-order valence-corrected chi connectivity index (χ2v) is 9.56. The number of carbonyl (C=O) groups is 1. The third kappa shape index (κ3) is 4.31. The minimum absolute atomic E-state index is 0.161. The maximum atomic E-state index is 13.7. The molecule has 32 heavy (non-hydrogen) atoms. The lowest BCUT2D eigenvalue weighted by Gasteiger charge is -2.46. The summed E-state index contributed by atoms with van der Waals surface area (Å²) in [4.78, 5) is 25.4. The van der Waals surface area contributed by atoms with Crippen LogP contribution < -0.4 is 0 Å². The van der Waals surface area contributed by atoms with Crippen LogP contribution in [0.25, 0.3) is 0 Å². The Morgan fingerprint density at radius 1 is 1.12 bits per heavy atom. The van der Waals surface area contributed by atoms with Crippen molar-refractivity contribution >= 4 is 11.9 Å². The Morgan fingerprint density at radius 2 is 1.97 bits per heavy atom. The van der Waals surface area contributed by atoms with Crippen molar-refractivity contribution in [2.24, 2.45) is 4.99 Å². The lowest BCUT2D eigenvalue weighted by molar-refractivity contribution is -0.125. The Bertz CT molecular complexity index is 1000. The third-order valence-corrected chi connectivity index (χ3v) is 7.04. The summed E-state index contributed by atoms with van der Waals surface area (Å²) in [6, 6.07) is 8.90. The number of nitrogens with zero attached hydrogens (tertiary/aromatic N) is 4. The summed E-state index contributed by atoms with van der Waals surface area (Å²) in [7, 11) is 0. The zero-order chi connectivity index (χ0) is 22.1. The van der Waals surface area contributed by atoms with Gasteiger partial charge < -0.3 is 4.90 Å². The predicted octanol–water partition coefficient (Wildman–Crippen LogP) is 4.07. The molecule has 0 aromatic heterocycles. The van der Waals surface area contributed by atoms with E-state index in [-0.39, 0.29) is 11.9 Å². The van der Waals surface area contributed by atoms with Crippen molar-refractivity contribution < 1.29 is 4.79 Å². The van der Waals surface area contributed by atoms with Crippen molar-refractivity contribution in [3.05, 3.63) is 70.5 Å². The molecule has 0 radical (unpaired) electrons. The number of hydrogen-bond donors (Lipinski definition) is 0. The van der Waals surface area contributed by atoms with Crippen molar-refractivity contribution in [1.29, 1.82) is 0 Å². The van der Waals surface area contributed by atoms with Gasteiger partial charge in [0.05, 0.1) is 11.6 Å². The summed E-state index contributed by atoms with van der Waals surface area (Å²) in [5.41, 5.74) is 6.11. The Balaban J connectivity index is 1.38. The van der Waals surface area contributed by atoms with E-state index in [2.05, 4.69) is 66.1 Å². The fraction of sp³-hybridized carbons (Fsp3) is 0.481. The highest BCUT2D eigenvalue weighted by molar-refractivity contribution is 6.09. The van der Waals surface area contributed by atoms with Gasteiger partial charge in [0, 0.05) is 44.8 Å². The molecule has 4 aliphatic rings. The van der Waals surface area contributed by atoms with Crippen LogP contribution in [0.4, 0.5) is 0 Å². The number of guanidine groups is 1. The molecule has 0 bridgehead atoms. The van der Waals surface area contributed by atoms with Gasteiger partial charge in [0.2, 0.25) is 5.96 Å². The first-order valence-electron chi connectivity index (χ1n) is 12.1. The van der Waals surface area contributed by atoms with Gasteiger partial charge in [0.1, 0.15) is 0 Å². The van der Waals surface area contributed by atoms with E-state index >= 15 is 0 Å². The topological polar surface area (TPSA) is 39.2 Å². The molecule has 1 atom stereocenters. The first kappa shape index (κ1) is 21.2. The van der Waals surface area contributed by atoms with Crippen LogP contribution in [0.1, 0.15) is 43.7 Å². The summed E-state index contributed by atoms with van der Waals surface area (Å²) < 4.78 is 0. The number of rotatable bonds is 5. The summed E-state index contributed by atoms with van der Waals surface area (Å²) in [5.74, 6) is 1.04. The molecule has 0 saturated carbocycles. The largest absolute Gasteiger partial charge is 0.315 e. The molecular formula is C27H34N4O. The van der Waals surface area contributed by atoms with E-state index in [1.165, 1.54) is 22.4 Å². The van der Waals surface area contributed by atoms with Gasteiger partial charge in [-0.2, -0.15) is 0 Å². The fourth-order valence-electron chi connectivity index (χ4n) is 5.15. The van der Waals surface area contributed by atoms with Crippen LogP contribution in [0.15, 0.2) is 64.3 Å². The van der Waals surface area contributed by atoms with Crippen LogP contribution in [0, 0.1) is 6.92 Å². The van der Waals surface area contributed by atoms with Gasteiger partial charge in [-0.15, -0.1) is 0 Å². The van der Waals surface area contributed by atoms with Crippen molar-refractivity contribution in [3.8, 4) is 0 Å². The minimum Gasteiger partial charge on any atom is -0.315 e. The van der Waals surface area contributed by atoms with E-state index in [1.54, 1.807) is 0 Å². The molecule has 5 heteroatoms. The average molecular weight is 431 g/mol. The molecule has 1 aromatic rings. The van der Waals surface area contributed by atoms with Gasteiger partial charge in [-0.05, 0) is 50.7 Å². The molecule has 1 aliphatic carbocycles. The van der Waals surface area contributed by atoms with Gasteiger partial charge >= 0.3 is 0 Å². The Hall–Kier alpha value is -2.66. The van der Waals surface area contributed by atoms with Gasteiger partial charge in [0.15, 0.2) is 0 Å². The maximum absolute atomic E-state index is 13.7. The number of benzene rings is 1. The second kappa shape index (κ2) is 9.07. The number of aliphatic imine (C=N–C) groups is 1. The molecule has 1 unspecified atom stereocenters. The minimum atomic E-state index is 0.161. The van der Waals surface area contributed by atoms with E-state index < -0.39 is 0 Å². The number of allylic oxidation sites excluding steroid dienone is 2. The normalized spacial score (nSPS) is 23.7. The molecule has 168 valence electrons. The van der Waals surface area contributed by atoms with Crippen LogP contribution in [-0.4, -0.2) is 65.3 Å². The monoisotopic (exact) mass is 430 g/mol. The van der Waals surface area contributed by atoms with Crippen LogP contribution in [0.5, 0.6) is 0 Å². The molecule has 3 aliphatic heterocycles. The van der Waals surface area contributed by atoms with Crippen molar-refractivity contribution in [2.45, 2.75) is 52.0 Å². The Kier molecular flexibility index (Phi) is 6.01. The van der Waals surface area contributed by atoms with E-state index in [0.717, 1.165) is 69.8 Å². The summed E-state index contributed by atoms with van der Waals surface area (Å²) in [6.45, 7) is 8.57. The van der Waals surface area contributed by atoms with E-state index in [1.807, 2.05) is 4.90 Å². The molecule has 1 amide bonds. The SMILES string of the molecule is Cc1ccc(CCN2C(=O)C3=C(CCN(CC4=CCCC=C4)C3)N3CCC(C)N=C23)cc1. The highest BCUT2D eigenvalue weighted by atomic mass is 16.2. The average Bonchev–Trinajstić information content (AvgIpc) is 2.81. The first-order valence-corrected chi connectivity index (χ1v) is 12.1. The highest BCUT2D eigenvalue weighted by Gasteiger charge is 2.40. The second-order valence-electron chi connectivity index (χ2n) is 9.56. The van der Waals surface area contributed by atoms with Crippen molar-refractivity contribution in [3.63, 3.8) is 0 Å². The lowest BCUT2D eigenvalue weighted by atomic mass is 9.98. The molecule has 1 aromatic carbocycles. The summed E-state index contributed by atoms with van der Waals surface area (Å²) in [5, 5.41) is 0. The molecule has 5 nitrogen and oxygen atoms in total. The van der Waals surface area contributed by atoms with Gasteiger partial charge in [-0.25, -0.2) is 4.99 Å². The quantitative estimate of drug-likeness (QED) is 0.707. The van der Waals surface area contributed by atoms with E-state index in [4.69, 9.17) is 4.99 Å².